The molecule has 0 amide bonds. The average Bonchev–Trinajstić information content (AvgIpc) is 3.10. The van der Waals surface area contributed by atoms with E-state index in [4.69, 9.17) is 0 Å². The molecule has 0 saturated heterocycles. The number of fused-ring (bicyclic) bond motifs is 1. The summed E-state index contributed by atoms with van der Waals surface area (Å²) >= 11 is 0. The molecule has 1 heterocycles. The number of nitrogens with one attached hydrogen (secondary N) is 1. The van der Waals surface area contributed by atoms with Crippen molar-refractivity contribution in [2.24, 2.45) is 0 Å². The van der Waals surface area contributed by atoms with Gasteiger partial charge in [0.2, 0.25) is 0 Å². The molecule has 0 atom stereocenters. The molecule has 0 spiro atoms. The smallest absolute Gasteiger partial charge is 0.149 e. The summed E-state index contributed by atoms with van der Waals surface area (Å²) in [6, 6.07) is 24.5. The van der Waals surface area contributed by atoms with Gasteiger partial charge in [-0.3, -0.25) is 0 Å². The van der Waals surface area contributed by atoms with Gasteiger partial charge >= 0.3 is 0 Å². The van der Waals surface area contributed by atoms with Crippen molar-refractivity contribution < 1.29 is 4.39 Å². The molecule has 4 aromatic rings. The van der Waals surface area contributed by atoms with Crippen LogP contribution in [-0.4, -0.2) is 9.97 Å². The second-order valence-electron chi connectivity index (χ2n) is 5.90. The Morgan fingerprint density at radius 3 is 2.42 bits per heavy atom. The minimum absolute atomic E-state index is 0.341. The third-order valence-electron chi connectivity index (χ3n) is 4.15. The highest BCUT2D eigenvalue weighted by Gasteiger charge is 2.08. The third kappa shape index (κ3) is 3.11. The van der Waals surface area contributed by atoms with E-state index in [0.29, 0.717) is 22.4 Å². The van der Waals surface area contributed by atoms with E-state index < -0.39 is 0 Å². The number of halogens is 1. The average molecular weight is 339 g/mol. The van der Waals surface area contributed by atoms with Gasteiger partial charge in [0.25, 0.3) is 0 Å². The van der Waals surface area contributed by atoms with Crippen LogP contribution in [0.15, 0.2) is 72.8 Å². The van der Waals surface area contributed by atoms with Crippen LogP contribution in [0.25, 0.3) is 33.8 Å². The maximum Gasteiger partial charge on any atom is 0.149 e. The van der Waals surface area contributed by atoms with E-state index in [1.807, 2.05) is 42.5 Å². The summed E-state index contributed by atoms with van der Waals surface area (Å²) in [6.07, 6.45) is 1.77. The van der Waals surface area contributed by atoms with Gasteiger partial charge in [-0.25, -0.2) is 9.37 Å². The molecule has 26 heavy (non-hydrogen) atoms. The zero-order valence-electron chi connectivity index (χ0n) is 13.8. The van der Waals surface area contributed by atoms with Gasteiger partial charge in [0.1, 0.15) is 17.7 Å². The van der Waals surface area contributed by atoms with Gasteiger partial charge in [-0.15, -0.1) is 0 Å². The zero-order valence-corrected chi connectivity index (χ0v) is 13.8. The van der Waals surface area contributed by atoms with Crippen molar-refractivity contribution in [1.82, 2.24) is 9.97 Å². The number of imidazole rings is 1. The molecule has 0 aliphatic carbocycles. The van der Waals surface area contributed by atoms with Crippen molar-refractivity contribution in [3.05, 3.63) is 90.0 Å². The Morgan fingerprint density at radius 2 is 1.69 bits per heavy atom. The maximum absolute atomic E-state index is 13.3. The first kappa shape index (κ1) is 15.8. The Morgan fingerprint density at radius 1 is 0.962 bits per heavy atom. The van der Waals surface area contributed by atoms with E-state index in [9.17, 15) is 9.65 Å². The lowest BCUT2D eigenvalue weighted by molar-refractivity contribution is 0.629. The highest BCUT2D eigenvalue weighted by atomic mass is 19.1. The number of hydrogen-bond acceptors (Lipinski definition) is 2. The first-order valence-corrected chi connectivity index (χ1v) is 8.16. The Labute approximate surface area is 150 Å². The number of allylic oxidation sites excluding steroid dienone is 1. The van der Waals surface area contributed by atoms with Crippen molar-refractivity contribution in [2.75, 3.05) is 0 Å². The Balaban J connectivity index is 1.67. The molecule has 1 N–H and O–H groups in total. The molecule has 3 nitrogen and oxygen atoms in total. The van der Waals surface area contributed by atoms with E-state index in [2.05, 4.69) is 28.2 Å². The zero-order chi connectivity index (χ0) is 17.9. The van der Waals surface area contributed by atoms with Crippen LogP contribution in [0.5, 0.6) is 0 Å². The number of rotatable bonds is 3. The van der Waals surface area contributed by atoms with Gasteiger partial charge in [-0.05, 0) is 41.0 Å². The van der Waals surface area contributed by atoms with Crippen molar-refractivity contribution in [3.8, 4) is 17.2 Å². The van der Waals surface area contributed by atoms with Gasteiger partial charge in [-0.1, -0.05) is 54.6 Å². The van der Waals surface area contributed by atoms with E-state index in [1.54, 1.807) is 12.1 Å². The lowest BCUT2D eigenvalue weighted by Crippen LogP contribution is -1.85. The highest BCUT2D eigenvalue weighted by molar-refractivity contribution is 5.90. The number of nitriles is 1. The summed E-state index contributed by atoms with van der Waals surface area (Å²) in [5.41, 5.74) is 4.74. The van der Waals surface area contributed by atoms with Crippen molar-refractivity contribution >= 4 is 22.7 Å². The molecule has 0 aliphatic rings. The topological polar surface area (TPSA) is 52.5 Å². The summed E-state index contributed by atoms with van der Waals surface area (Å²) in [6.45, 7) is 0. The van der Waals surface area contributed by atoms with Crippen molar-refractivity contribution in [2.45, 2.75) is 0 Å². The molecule has 0 bridgehead atoms. The predicted octanol–water partition coefficient (Wildman–Crippen LogP) is 5.43. The number of benzene rings is 3. The van der Waals surface area contributed by atoms with Crippen LogP contribution in [-0.2, 0) is 0 Å². The SMILES string of the molecule is N#C/C(=C/c1ccc(-c2ccccc2)cc1)c1nc2ccc(F)cc2[nH]1. The number of hydrogen-bond donors (Lipinski definition) is 1. The van der Waals surface area contributed by atoms with Gasteiger partial charge in [0, 0.05) is 0 Å². The van der Waals surface area contributed by atoms with Crippen LogP contribution in [0.1, 0.15) is 11.4 Å². The third-order valence-corrected chi connectivity index (χ3v) is 4.15. The first-order chi connectivity index (χ1) is 12.7. The van der Waals surface area contributed by atoms with Gasteiger partial charge in [-0.2, -0.15) is 5.26 Å². The second-order valence-corrected chi connectivity index (χ2v) is 5.90. The second kappa shape index (κ2) is 6.66. The maximum atomic E-state index is 13.3. The van der Waals surface area contributed by atoms with Crippen molar-refractivity contribution in [1.29, 1.82) is 5.26 Å². The fraction of sp³-hybridized carbons (Fsp3) is 0. The number of aromatic nitrogens is 2. The molecule has 1 aromatic heterocycles. The summed E-state index contributed by atoms with van der Waals surface area (Å²) < 4.78 is 13.3. The van der Waals surface area contributed by atoms with Crippen LogP contribution in [0, 0.1) is 17.1 Å². The Hall–Kier alpha value is -3.71. The molecule has 0 aliphatic heterocycles. The summed E-state index contributed by atoms with van der Waals surface area (Å²) in [7, 11) is 0. The largest absolute Gasteiger partial charge is 0.337 e. The van der Waals surface area contributed by atoms with E-state index in [0.717, 1.165) is 16.7 Å². The Bertz CT molecular complexity index is 1130. The standard InChI is InChI=1S/C22H14FN3/c23-19-10-11-20-21(13-19)26-22(25-20)18(14-24)12-15-6-8-17(9-7-15)16-4-2-1-3-5-16/h1-13H,(H,25,26)/b18-12-. The lowest BCUT2D eigenvalue weighted by Gasteiger charge is -2.02. The summed E-state index contributed by atoms with van der Waals surface area (Å²) in [4.78, 5) is 7.38. The Kier molecular flexibility index (Phi) is 4.04. The van der Waals surface area contributed by atoms with Crippen LogP contribution in [0.3, 0.4) is 0 Å². The predicted molar refractivity (Wildman–Crippen MR) is 101 cm³/mol. The molecule has 4 rings (SSSR count). The van der Waals surface area contributed by atoms with Gasteiger partial charge < -0.3 is 4.98 Å². The monoisotopic (exact) mass is 339 g/mol. The molecule has 4 heteroatoms. The fourth-order valence-electron chi connectivity index (χ4n) is 2.83. The minimum atomic E-state index is -0.341. The van der Waals surface area contributed by atoms with E-state index in [1.165, 1.54) is 12.1 Å². The first-order valence-electron chi connectivity index (χ1n) is 8.16. The fourth-order valence-corrected chi connectivity index (χ4v) is 2.83. The molecular weight excluding hydrogens is 325 g/mol. The van der Waals surface area contributed by atoms with E-state index >= 15 is 0 Å². The number of H-pyrrole nitrogens is 1. The minimum Gasteiger partial charge on any atom is -0.337 e. The van der Waals surface area contributed by atoms with Crippen LogP contribution >= 0.6 is 0 Å². The number of aromatic amines is 1. The highest BCUT2D eigenvalue weighted by Crippen LogP contribution is 2.23. The molecule has 0 saturated carbocycles. The molecule has 0 unspecified atom stereocenters. The molecule has 0 radical (unpaired) electrons. The van der Waals surface area contributed by atoms with Crippen molar-refractivity contribution in [3.63, 3.8) is 0 Å². The van der Waals surface area contributed by atoms with Crippen LogP contribution in [0.2, 0.25) is 0 Å². The number of nitrogens with zero attached hydrogens (tertiary/aromatic N) is 2. The molecular formula is C22H14FN3. The normalized spacial score (nSPS) is 11.5. The quantitative estimate of drug-likeness (QED) is 0.506. The summed E-state index contributed by atoms with van der Waals surface area (Å²) in [5, 5.41) is 9.50. The van der Waals surface area contributed by atoms with Gasteiger partial charge in [0.15, 0.2) is 0 Å². The lowest BCUT2D eigenvalue weighted by atomic mass is 10.0. The van der Waals surface area contributed by atoms with Crippen LogP contribution in [0.4, 0.5) is 4.39 Å². The summed E-state index contributed by atoms with van der Waals surface area (Å²) in [5.74, 6) is 0.0897. The van der Waals surface area contributed by atoms with Gasteiger partial charge in [0.05, 0.1) is 16.6 Å². The molecule has 3 aromatic carbocycles. The molecule has 124 valence electrons. The van der Waals surface area contributed by atoms with Crippen LogP contribution < -0.4 is 0 Å². The molecule has 0 fully saturated rings. The van der Waals surface area contributed by atoms with E-state index in [-0.39, 0.29) is 5.82 Å².